The van der Waals surface area contributed by atoms with E-state index in [-0.39, 0.29) is 24.0 Å². The summed E-state index contributed by atoms with van der Waals surface area (Å²) >= 11 is 0. The van der Waals surface area contributed by atoms with E-state index in [2.05, 4.69) is 14.8 Å². The summed E-state index contributed by atoms with van der Waals surface area (Å²) in [5.41, 5.74) is -5.54. The molecule has 2 aromatic rings. The van der Waals surface area contributed by atoms with Gasteiger partial charge in [0, 0.05) is 46.8 Å². The van der Waals surface area contributed by atoms with E-state index in [1.807, 2.05) is 0 Å². The number of esters is 4. The molecule has 0 heterocycles. The van der Waals surface area contributed by atoms with Gasteiger partial charge in [0.15, 0.2) is 24.4 Å². The van der Waals surface area contributed by atoms with Gasteiger partial charge in [-0.2, -0.15) is 0 Å². The minimum atomic E-state index is -5.08. The molecule has 0 fully saturated rings. The first-order valence-corrected chi connectivity index (χ1v) is 26.2. The van der Waals surface area contributed by atoms with E-state index in [0.717, 1.165) is 107 Å². The number of alkyl halides is 8. The molecule has 0 aromatic heterocycles. The second-order valence-electron chi connectivity index (χ2n) is 23.8. The molecule has 3 amide bonds. The molecule has 0 radical (unpaired) electrons. The quantitative estimate of drug-likeness (QED) is 0.0464. The normalized spacial score (nSPS) is 15.4. The van der Waals surface area contributed by atoms with Crippen LogP contribution in [0.15, 0.2) is 48.5 Å². The lowest BCUT2D eigenvalue weighted by molar-refractivity contribution is -0.275. The van der Waals surface area contributed by atoms with Gasteiger partial charge in [-0.15, -0.1) is 26.3 Å². The Balaban J connectivity index is 2.66. The fourth-order valence-electron chi connectivity index (χ4n) is 8.23. The Morgan fingerprint density at radius 1 is 0.470 bits per heavy atom. The number of benzene rings is 2. The van der Waals surface area contributed by atoms with Crippen LogP contribution in [0.4, 0.5) is 35.1 Å². The number of nitrogens with zero attached hydrogens (tertiary/aromatic N) is 3. The van der Waals surface area contributed by atoms with Crippen LogP contribution in [0.25, 0.3) is 0 Å². The third kappa shape index (κ3) is 25.7. The highest BCUT2D eigenvalue weighted by molar-refractivity contribution is 5.93. The number of carbonyl (C=O) groups excluding carboxylic acids is 7. The van der Waals surface area contributed by atoms with Gasteiger partial charge in [0.05, 0.1) is 0 Å². The van der Waals surface area contributed by atoms with Crippen molar-refractivity contribution in [3.05, 3.63) is 59.7 Å². The SMILES string of the molecule is CN[C@@H](CC(C)(C)F)C(=O)O[C@H](Cc1ccc(OC(F)(F)F)cc1)C(=O)N(C)[C@@H](CC(C)(C)C)C(=O)O[C@H](C)C(=O)N(C)[C@@H](CC(C)(C)F)C(=O)O[C@H](Cc1ccc(OC(F)(F)F)cc1)C(=O)N(C)[C@@H](CC(C)(C)C)C(=O)O[C@H](C)C(=O)O. The molecule has 468 valence electrons. The van der Waals surface area contributed by atoms with E-state index in [4.69, 9.17) is 18.9 Å². The summed E-state index contributed by atoms with van der Waals surface area (Å²) in [4.78, 5) is 113. The van der Waals surface area contributed by atoms with Crippen molar-refractivity contribution in [2.75, 3.05) is 28.2 Å². The number of amides is 3. The molecule has 0 bridgehead atoms. The fraction of sp³-hybridized carbons (Fsp3) is 0.643. The second kappa shape index (κ2) is 29.1. The molecule has 2 N–H and O–H groups in total. The van der Waals surface area contributed by atoms with Crippen LogP contribution >= 0.6 is 0 Å². The Labute approximate surface area is 477 Å². The molecule has 2 aromatic carbocycles. The molecular weight excluding hydrogens is 1120 g/mol. The second-order valence-corrected chi connectivity index (χ2v) is 23.8. The smallest absolute Gasteiger partial charge is 0.479 e. The summed E-state index contributed by atoms with van der Waals surface area (Å²) in [6, 6.07) is 1.87. The molecule has 19 nitrogen and oxygen atoms in total. The predicted octanol–water partition coefficient (Wildman–Crippen LogP) is 8.26. The Morgan fingerprint density at radius 2 is 0.783 bits per heavy atom. The van der Waals surface area contributed by atoms with E-state index in [9.17, 15) is 74.2 Å². The highest BCUT2D eigenvalue weighted by Gasteiger charge is 2.44. The number of halogens is 8. The Bertz CT molecular complexity index is 2540. The summed E-state index contributed by atoms with van der Waals surface area (Å²) < 4.78 is 139. The van der Waals surface area contributed by atoms with Crippen molar-refractivity contribution in [1.29, 1.82) is 0 Å². The number of nitrogens with one attached hydrogen (secondary N) is 1. The van der Waals surface area contributed by atoms with Crippen LogP contribution in [-0.2, 0) is 70.1 Å². The topological polar surface area (TPSA) is 234 Å². The minimum Gasteiger partial charge on any atom is -0.479 e. The highest BCUT2D eigenvalue weighted by atomic mass is 19.4. The van der Waals surface area contributed by atoms with Gasteiger partial charge in [-0.3, -0.25) is 19.2 Å². The standard InChI is InChI=1S/C56H78F8N4O15/c1-31(78-48(75)38(28-51(3,4)5)67(15)44(70)41(80-47(74)37(65-13)27-53(9,10)57)25-33-17-21-35(22-18-33)82-55(59,60)61)43(69)66(14)40(30-54(11,12)58)50(77)81-42(26-34-19-23-36(24-20-34)83-56(62,63)64)45(71)68(16)39(29-52(6,7)8)49(76)79-32(2)46(72)73/h17-24,31-32,37-42,65H,25-30H2,1-16H3,(H,72,73)/t31-,32-,37+,38+,39+,40+,41-,42-/m1/s1. The number of carboxylic acids is 1. The molecule has 0 saturated carbocycles. The van der Waals surface area contributed by atoms with Gasteiger partial charge in [-0.25, -0.2) is 28.0 Å². The Hall–Kier alpha value is -6.80. The lowest BCUT2D eigenvalue weighted by Gasteiger charge is -2.36. The maximum Gasteiger partial charge on any atom is 0.573 e. The molecule has 0 aliphatic rings. The molecule has 2 rings (SSSR count). The van der Waals surface area contributed by atoms with Gasteiger partial charge in [-0.1, -0.05) is 65.8 Å². The van der Waals surface area contributed by atoms with Gasteiger partial charge in [0.25, 0.3) is 17.7 Å². The molecule has 0 aliphatic heterocycles. The first kappa shape index (κ1) is 72.3. The van der Waals surface area contributed by atoms with E-state index in [1.165, 1.54) is 20.9 Å². The largest absolute Gasteiger partial charge is 0.573 e. The summed E-state index contributed by atoms with van der Waals surface area (Å²) in [5, 5.41) is 12.1. The maximum atomic E-state index is 15.8. The average Bonchev–Trinajstić information content (AvgIpc) is 3.51. The van der Waals surface area contributed by atoms with Crippen LogP contribution in [0, 0.1) is 10.8 Å². The third-order valence-corrected chi connectivity index (χ3v) is 12.4. The molecule has 0 unspecified atom stereocenters. The maximum absolute atomic E-state index is 15.8. The lowest BCUT2D eigenvalue weighted by Crippen LogP contribution is -2.54. The Morgan fingerprint density at radius 3 is 1.10 bits per heavy atom. The van der Waals surface area contributed by atoms with Crippen LogP contribution in [0.2, 0.25) is 0 Å². The van der Waals surface area contributed by atoms with Gasteiger partial charge in [0.1, 0.15) is 47.0 Å². The number of aliphatic carboxylic acids is 1. The number of likely N-dealkylation sites (N-methyl/N-ethyl adjacent to an activating group) is 4. The van der Waals surface area contributed by atoms with Crippen molar-refractivity contribution in [1.82, 2.24) is 20.0 Å². The number of carbonyl (C=O) groups is 8. The monoisotopic (exact) mass is 1200 g/mol. The minimum absolute atomic E-state index is 0.0650. The summed E-state index contributed by atoms with van der Waals surface area (Å²) in [5.74, 6) is -11.0. The molecule has 0 aliphatic carbocycles. The fourth-order valence-corrected chi connectivity index (χ4v) is 8.23. The third-order valence-electron chi connectivity index (χ3n) is 12.4. The summed E-state index contributed by atoms with van der Waals surface area (Å²) in [7, 11) is 4.64. The van der Waals surface area contributed by atoms with Crippen LogP contribution in [0.3, 0.4) is 0 Å². The van der Waals surface area contributed by atoms with Crippen molar-refractivity contribution >= 4 is 47.6 Å². The van der Waals surface area contributed by atoms with Crippen LogP contribution in [-0.4, -0.2) is 168 Å². The lowest BCUT2D eigenvalue weighted by atomic mass is 9.87. The molecule has 8 atom stereocenters. The predicted molar refractivity (Wildman–Crippen MR) is 282 cm³/mol. The molecule has 0 saturated heterocycles. The van der Waals surface area contributed by atoms with E-state index < -0.39 is 168 Å². The van der Waals surface area contributed by atoms with Crippen molar-refractivity contribution in [3.63, 3.8) is 0 Å². The molecule has 27 heteroatoms. The number of rotatable bonds is 28. The van der Waals surface area contributed by atoms with Crippen molar-refractivity contribution in [2.45, 2.75) is 194 Å². The number of carboxylic acid groups (broad SMARTS) is 1. The van der Waals surface area contributed by atoms with Crippen molar-refractivity contribution in [2.24, 2.45) is 10.8 Å². The average molecular weight is 1200 g/mol. The number of ether oxygens (including phenoxy) is 6. The first-order chi connectivity index (χ1) is 37.6. The van der Waals surface area contributed by atoms with Crippen LogP contribution < -0.4 is 14.8 Å². The van der Waals surface area contributed by atoms with Crippen LogP contribution in [0.1, 0.15) is 120 Å². The van der Waals surface area contributed by atoms with E-state index in [1.54, 1.807) is 41.5 Å². The Kier molecular flexibility index (Phi) is 25.4. The zero-order valence-electron chi connectivity index (χ0n) is 49.5. The zero-order chi connectivity index (χ0) is 64.1. The number of hydrogen-bond acceptors (Lipinski definition) is 15. The van der Waals surface area contributed by atoms with E-state index in [0.29, 0.717) is 4.90 Å². The molecule has 0 spiro atoms. The van der Waals surface area contributed by atoms with Gasteiger partial charge in [-0.05, 0) is 108 Å². The van der Waals surface area contributed by atoms with Gasteiger partial charge >= 0.3 is 42.6 Å². The van der Waals surface area contributed by atoms with Crippen molar-refractivity contribution in [3.8, 4) is 11.5 Å². The summed E-state index contributed by atoms with van der Waals surface area (Å²) in [6.07, 6.45) is -20.1. The first-order valence-electron chi connectivity index (χ1n) is 26.2. The van der Waals surface area contributed by atoms with Crippen LogP contribution in [0.5, 0.6) is 11.5 Å². The number of hydrogen-bond donors (Lipinski definition) is 2. The molecule has 83 heavy (non-hydrogen) atoms. The molecular formula is C56H78F8N4O15. The van der Waals surface area contributed by atoms with Gasteiger partial charge in [0.2, 0.25) is 0 Å². The summed E-state index contributed by atoms with van der Waals surface area (Å²) in [6.45, 7) is 16.8. The van der Waals surface area contributed by atoms with Crippen molar-refractivity contribution < 1.29 is 107 Å². The van der Waals surface area contributed by atoms with Gasteiger partial charge < -0.3 is 53.5 Å². The zero-order valence-corrected chi connectivity index (χ0v) is 49.5. The van der Waals surface area contributed by atoms with E-state index >= 15 is 4.39 Å². The highest BCUT2D eigenvalue weighted by Crippen LogP contribution is 2.31.